The van der Waals surface area contributed by atoms with Crippen molar-refractivity contribution in [1.29, 1.82) is 0 Å². The first-order chi connectivity index (χ1) is 9.09. The van der Waals surface area contributed by atoms with Gasteiger partial charge in [-0.3, -0.25) is 9.69 Å². The van der Waals surface area contributed by atoms with Gasteiger partial charge >= 0.3 is 6.09 Å². The molecule has 1 aliphatic heterocycles. The summed E-state index contributed by atoms with van der Waals surface area (Å²) in [5.74, 6) is -0.158. The quantitative estimate of drug-likeness (QED) is 0.820. The van der Waals surface area contributed by atoms with Crippen molar-refractivity contribution in [2.24, 2.45) is 5.92 Å². The minimum Gasteiger partial charge on any atom is -0.444 e. The molecule has 0 unspecified atom stereocenters. The monoisotopic (exact) mass is 259 g/mol. The first-order valence-corrected chi connectivity index (χ1v) is 6.30. The second kappa shape index (κ2) is 5.69. The van der Waals surface area contributed by atoms with E-state index in [1.807, 2.05) is 44.2 Å². The maximum absolute atomic E-state index is 12.0. The largest absolute Gasteiger partial charge is 0.444 e. The summed E-state index contributed by atoms with van der Waals surface area (Å²) >= 11 is 0. The number of nitrogens with zero attached hydrogens (tertiary/aromatic N) is 1. The molecule has 0 fully saturated rings. The molecule has 0 saturated heterocycles. The smallest absolute Gasteiger partial charge is 0.414 e. The van der Waals surface area contributed by atoms with E-state index in [1.54, 1.807) is 0 Å². The molecule has 0 bridgehead atoms. The van der Waals surface area contributed by atoms with Gasteiger partial charge in [-0.1, -0.05) is 37.3 Å². The van der Waals surface area contributed by atoms with Crippen molar-refractivity contribution in [2.45, 2.75) is 26.5 Å². The fraction of sp³-hybridized carbons (Fsp3) is 0.333. The van der Waals surface area contributed by atoms with Crippen LogP contribution in [0.5, 0.6) is 0 Å². The Kier molecular flexibility index (Phi) is 4.00. The zero-order valence-corrected chi connectivity index (χ0v) is 11.1. The zero-order valence-electron chi connectivity index (χ0n) is 11.1. The van der Waals surface area contributed by atoms with Crippen molar-refractivity contribution in [3.63, 3.8) is 0 Å². The number of hydrogen-bond donors (Lipinski definition) is 0. The summed E-state index contributed by atoms with van der Waals surface area (Å²) < 4.78 is 5.25. The lowest BCUT2D eigenvalue weighted by Gasteiger charge is -2.31. The summed E-state index contributed by atoms with van der Waals surface area (Å²) in [6.45, 7) is 3.89. The van der Waals surface area contributed by atoms with Crippen LogP contribution in [-0.4, -0.2) is 22.8 Å². The molecule has 1 aliphatic rings. The van der Waals surface area contributed by atoms with Crippen LogP contribution in [0.1, 0.15) is 19.4 Å². The Hall–Kier alpha value is -2.10. The highest BCUT2D eigenvalue weighted by molar-refractivity contribution is 5.94. The minimum absolute atomic E-state index is 0.0413. The van der Waals surface area contributed by atoms with E-state index < -0.39 is 6.09 Å². The van der Waals surface area contributed by atoms with Crippen LogP contribution in [0.3, 0.4) is 0 Å². The Labute approximate surface area is 112 Å². The van der Waals surface area contributed by atoms with E-state index in [9.17, 15) is 9.59 Å². The van der Waals surface area contributed by atoms with E-state index in [-0.39, 0.29) is 24.3 Å². The predicted octanol–water partition coefficient (Wildman–Crippen LogP) is 2.75. The molecule has 4 heteroatoms. The Morgan fingerprint density at radius 1 is 1.26 bits per heavy atom. The Morgan fingerprint density at radius 3 is 2.63 bits per heavy atom. The number of allylic oxidation sites excluding steroid dienone is 1. The second-order valence-corrected chi connectivity index (χ2v) is 4.69. The molecule has 100 valence electrons. The van der Waals surface area contributed by atoms with E-state index in [1.165, 1.54) is 17.2 Å². The Morgan fingerprint density at radius 2 is 1.95 bits per heavy atom. The topological polar surface area (TPSA) is 46.6 Å². The average Bonchev–Trinajstić information content (AvgIpc) is 2.43. The lowest BCUT2D eigenvalue weighted by Crippen LogP contribution is -2.43. The van der Waals surface area contributed by atoms with Crippen LogP contribution >= 0.6 is 0 Å². The molecule has 1 aromatic carbocycles. The van der Waals surface area contributed by atoms with Crippen molar-refractivity contribution >= 4 is 11.9 Å². The molecule has 0 radical (unpaired) electrons. The summed E-state index contributed by atoms with van der Waals surface area (Å²) in [5, 5.41) is 0. The third-order valence-electron chi connectivity index (χ3n) is 3.43. The lowest BCUT2D eigenvalue weighted by molar-refractivity contribution is -0.119. The SMILES string of the molecule is C[C@@H]1[C@@H](C)C(=O)C=CN1C(=O)OCc1ccccc1. The van der Waals surface area contributed by atoms with Gasteiger partial charge in [-0.15, -0.1) is 0 Å². The van der Waals surface area contributed by atoms with E-state index in [0.717, 1.165) is 5.56 Å². The highest BCUT2D eigenvalue weighted by Gasteiger charge is 2.31. The maximum Gasteiger partial charge on any atom is 0.414 e. The molecule has 19 heavy (non-hydrogen) atoms. The van der Waals surface area contributed by atoms with Crippen molar-refractivity contribution in [3.8, 4) is 0 Å². The lowest BCUT2D eigenvalue weighted by atomic mass is 9.95. The summed E-state index contributed by atoms with van der Waals surface area (Å²) in [7, 11) is 0. The highest BCUT2D eigenvalue weighted by Crippen LogP contribution is 2.19. The molecule has 1 aromatic rings. The average molecular weight is 259 g/mol. The number of rotatable bonds is 2. The normalized spacial score (nSPS) is 22.4. The summed E-state index contributed by atoms with van der Waals surface area (Å²) in [5.41, 5.74) is 0.939. The highest BCUT2D eigenvalue weighted by atomic mass is 16.6. The molecule has 2 atom stereocenters. The molecule has 0 saturated carbocycles. The molecule has 2 rings (SSSR count). The molecular weight excluding hydrogens is 242 g/mol. The van der Waals surface area contributed by atoms with Crippen molar-refractivity contribution in [1.82, 2.24) is 4.90 Å². The maximum atomic E-state index is 12.0. The number of hydrogen-bond acceptors (Lipinski definition) is 3. The van der Waals surface area contributed by atoms with E-state index >= 15 is 0 Å². The van der Waals surface area contributed by atoms with Gasteiger partial charge in [0.05, 0.1) is 0 Å². The van der Waals surface area contributed by atoms with Crippen LogP contribution in [0, 0.1) is 5.92 Å². The van der Waals surface area contributed by atoms with Gasteiger partial charge in [0.2, 0.25) is 0 Å². The van der Waals surface area contributed by atoms with Gasteiger partial charge in [0, 0.05) is 18.2 Å². The Bertz CT molecular complexity index is 495. The molecule has 1 amide bonds. The van der Waals surface area contributed by atoms with Gasteiger partial charge in [-0.05, 0) is 18.6 Å². The van der Waals surface area contributed by atoms with Crippen molar-refractivity contribution in [2.75, 3.05) is 0 Å². The molecular formula is C15H17NO3. The van der Waals surface area contributed by atoms with Gasteiger partial charge in [0.15, 0.2) is 5.78 Å². The van der Waals surface area contributed by atoms with E-state index in [4.69, 9.17) is 4.74 Å². The van der Waals surface area contributed by atoms with Crippen molar-refractivity contribution < 1.29 is 14.3 Å². The molecule has 0 spiro atoms. The summed E-state index contributed by atoms with van der Waals surface area (Å²) in [6, 6.07) is 9.32. The number of benzene rings is 1. The second-order valence-electron chi connectivity index (χ2n) is 4.69. The van der Waals surface area contributed by atoms with Crippen LogP contribution in [0.25, 0.3) is 0 Å². The van der Waals surface area contributed by atoms with Crippen LogP contribution in [0.2, 0.25) is 0 Å². The van der Waals surface area contributed by atoms with Crippen LogP contribution in [0.4, 0.5) is 4.79 Å². The zero-order chi connectivity index (χ0) is 13.8. The first-order valence-electron chi connectivity index (χ1n) is 6.30. The van der Waals surface area contributed by atoms with Crippen molar-refractivity contribution in [3.05, 3.63) is 48.2 Å². The number of carbonyl (C=O) groups is 2. The number of ether oxygens (including phenoxy) is 1. The molecule has 0 aromatic heterocycles. The fourth-order valence-electron chi connectivity index (χ4n) is 1.94. The summed E-state index contributed by atoms with van der Waals surface area (Å²) in [6.07, 6.45) is 2.50. The summed E-state index contributed by atoms with van der Waals surface area (Å²) in [4.78, 5) is 24.9. The first kappa shape index (κ1) is 13.3. The third kappa shape index (κ3) is 3.02. The Balaban J connectivity index is 1.97. The molecule has 0 N–H and O–H groups in total. The molecule has 1 heterocycles. The van der Waals surface area contributed by atoms with Crippen LogP contribution < -0.4 is 0 Å². The standard InChI is InChI=1S/C15H17NO3/c1-11-12(2)16(9-8-14(11)17)15(18)19-10-13-6-4-3-5-7-13/h3-9,11-12H,10H2,1-2H3/t11-,12-/m1/s1. The van der Waals surface area contributed by atoms with Crippen LogP contribution in [0.15, 0.2) is 42.6 Å². The molecule has 0 aliphatic carbocycles. The van der Waals surface area contributed by atoms with Gasteiger partial charge in [-0.25, -0.2) is 4.79 Å². The van der Waals surface area contributed by atoms with Gasteiger partial charge in [0.25, 0.3) is 0 Å². The van der Waals surface area contributed by atoms with Gasteiger partial charge in [-0.2, -0.15) is 0 Å². The number of amides is 1. The van der Waals surface area contributed by atoms with E-state index in [2.05, 4.69) is 0 Å². The van der Waals surface area contributed by atoms with Gasteiger partial charge in [0.1, 0.15) is 6.61 Å². The van der Waals surface area contributed by atoms with Crippen LogP contribution in [-0.2, 0) is 16.1 Å². The third-order valence-corrected chi connectivity index (χ3v) is 3.43. The fourth-order valence-corrected chi connectivity index (χ4v) is 1.94. The van der Waals surface area contributed by atoms with E-state index in [0.29, 0.717) is 0 Å². The predicted molar refractivity (Wildman–Crippen MR) is 71.2 cm³/mol. The molecule has 4 nitrogen and oxygen atoms in total. The minimum atomic E-state index is -0.424. The number of carbonyl (C=O) groups excluding carboxylic acids is 2. The number of ketones is 1. The van der Waals surface area contributed by atoms with Gasteiger partial charge < -0.3 is 4.74 Å².